The Morgan fingerprint density at radius 2 is 1.94 bits per heavy atom. The third-order valence-corrected chi connectivity index (χ3v) is 6.27. The summed E-state index contributed by atoms with van der Waals surface area (Å²) >= 11 is 5.99. The molecule has 0 saturated carbocycles. The van der Waals surface area contributed by atoms with Gasteiger partial charge in [-0.25, -0.2) is 17.4 Å². The molecule has 0 saturated heterocycles. The van der Waals surface area contributed by atoms with Gasteiger partial charge in [0.1, 0.15) is 17.5 Å². The largest absolute Gasteiger partial charge is 0.339 e. The molecule has 0 radical (unpaired) electrons. The molecule has 0 unspecified atom stereocenters. The van der Waals surface area contributed by atoms with Crippen LogP contribution in [0.25, 0.3) is 0 Å². The summed E-state index contributed by atoms with van der Waals surface area (Å²) in [6.45, 7) is 0. The highest BCUT2D eigenvalue weighted by Gasteiger charge is 2.18. The second kappa shape index (κ2) is 8.47. The van der Waals surface area contributed by atoms with E-state index < -0.39 is 10.0 Å². The normalized spacial score (nSPS) is 11.5. The topological polar surface area (TPSA) is 116 Å². The van der Waals surface area contributed by atoms with Crippen molar-refractivity contribution in [2.45, 2.75) is 4.90 Å². The molecule has 8 nitrogen and oxygen atoms in total. The van der Waals surface area contributed by atoms with Gasteiger partial charge in [0.2, 0.25) is 0 Å². The molecule has 2 heterocycles. The van der Waals surface area contributed by atoms with Crippen molar-refractivity contribution in [1.82, 2.24) is 14.2 Å². The summed E-state index contributed by atoms with van der Waals surface area (Å²) < 4.78 is 26.9. The van der Waals surface area contributed by atoms with E-state index in [0.29, 0.717) is 22.2 Å². The minimum absolute atomic E-state index is 0.122. The number of aromatic amines is 1. The highest BCUT2D eigenvalue weighted by atomic mass is 35.5. The van der Waals surface area contributed by atoms with Gasteiger partial charge in [0.15, 0.2) is 5.82 Å². The average molecular weight is 451 g/mol. The zero-order valence-electron chi connectivity index (χ0n) is 15.9. The molecular weight excluding hydrogens is 436 g/mol. The van der Waals surface area contributed by atoms with E-state index in [9.17, 15) is 13.7 Å². The summed E-state index contributed by atoms with van der Waals surface area (Å²) in [7, 11) is -3.78. The Hall–Kier alpha value is -3.87. The van der Waals surface area contributed by atoms with Gasteiger partial charge in [-0.1, -0.05) is 35.9 Å². The summed E-state index contributed by atoms with van der Waals surface area (Å²) in [6, 6.07) is 20.3. The molecule has 0 aliphatic rings. The second-order valence-electron chi connectivity index (χ2n) is 6.35. The van der Waals surface area contributed by atoms with Crippen molar-refractivity contribution in [1.29, 1.82) is 5.26 Å². The molecule has 0 amide bonds. The lowest BCUT2D eigenvalue weighted by Gasteiger charge is -2.07. The van der Waals surface area contributed by atoms with E-state index >= 15 is 0 Å². The van der Waals surface area contributed by atoms with Crippen LogP contribution in [0.3, 0.4) is 0 Å². The Morgan fingerprint density at radius 3 is 2.68 bits per heavy atom. The Labute approximate surface area is 183 Å². The number of nitrogens with zero attached hydrogens (tertiary/aromatic N) is 4. The molecular formula is C21H15ClN6O2S. The minimum Gasteiger partial charge on any atom is -0.339 e. The fraction of sp³-hybridized carbons (Fsp3) is 0. The summed E-state index contributed by atoms with van der Waals surface area (Å²) in [5.41, 5.74) is 1.17. The Morgan fingerprint density at radius 1 is 1.13 bits per heavy atom. The van der Waals surface area contributed by atoms with Crippen LogP contribution in [0.1, 0.15) is 11.3 Å². The number of anilines is 2. The van der Waals surface area contributed by atoms with Crippen LogP contribution in [0, 0.1) is 11.3 Å². The lowest BCUT2D eigenvalue weighted by atomic mass is 10.3. The van der Waals surface area contributed by atoms with Gasteiger partial charge >= 0.3 is 0 Å². The smallest absolute Gasteiger partial charge is 0.268 e. The Kier molecular flexibility index (Phi) is 5.58. The minimum atomic E-state index is -3.78. The van der Waals surface area contributed by atoms with Crippen LogP contribution < -0.4 is 5.32 Å². The average Bonchev–Trinajstić information content (AvgIpc) is 3.40. The lowest BCUT2D eigenvalue weighted by Crippen LogP contribution is -2.14. The van der Waals surface area contributed by atoms with E-state index in [2.05, 4.69) is 26.6 Å². The highest BCUT2D eigenvalue weighted by Crippen LogP contribution is 2.27. The molecule has 0 aliphatic carbocycles. The molecule has 0 spiro atoms. The first-order valence-corrected chi connectivity index (χ1v) is 10.8. The van der Waals surface area contributed by atoms with Crippen LogP contribution >= 0.6 is 11.6 Å². The number of nitriles is 1. The molecule has 4 rings (SSSR count). The highest BCUT2D eigenvalue weighted by molar-refractivity contribution is 7.90. The first-order chi connectivity index (χ1) is 15.0. The summed E-state index contributed by atoms with van der Waals surface area (Å²) in [5, 5.41) is 19.9. The fourth-order valence-corrected chi connectivity index (χ4v) is 4.40. The molecule has 2 N–H and O–H groups in total. The van der Waals surface area contributed by atoms with Crippen molar-refractivity contribution < 1.29 is 8.42 Å². The summed E-state index contributed by atoms with van der Waals surface area (Å²) in [6.07, 6.45) is 2.78. The standard InChI is InChI=1S/C21H15ClN6O2S/c22-15-6-4-7-16(12-15)25-21-19(13-23)20(26-27-21)24-14-17-8-5-11-28(17)31(29,30)18-9-2-1-3-10-18/h1-12,14H,(H2,25,26,27). The van der Waals surface area contributed by atoms with Crippen molar-refractivity contribution >= 4 is 45.2 Å². The predicted molar refractivity (Wildman–Crippen MR) is 119 cm³/mol. The van der Waals surface area contributed by atoms with Gasteiger partial charge in [0.05, 0.1) is 16.8 Å². The molecule has 0 bridgehead atoms. The zero-order valence-corrected chi connectivity index (χ0v) is 17.5. The number of aliphatic imine (C=N–C) groups is 1. The zero-order chi connectivity index (χ0) is 21.8. The van der Waals surface area contributed by atoms with Crippen molar-refractivity contribution in [3.63, 3.8) is 0 Å². The van der Waals surface area contributed by atoms with E-state index in [4.69, 9.17) is 11.6 Å². The Bertz CT molecular complexity index is 1400. The lowest BCUT2D eigenvalue weighted by molar-refractivity contribution is 0.587. The van der Waals surface area contributed by atoms with Gasteiger partial charge in [-0.15, -0.1) is 0 Å². The molecule has 154 valence electrons. The maximum absolute atomic E-state index is 12.9. The third kappa shape index (κ3) is 4.21. The molecule has 4 aromatic rings. The molecule has 2 aromatic heterocycles. The fourth-order valence-electron chi connectivity index (χ4n) is 2.86. The van der Waals surface area contributed by atoms with Gasteiger partial charge < -0.3 is 5.32 Å². The Balaban J connectivity index is 1.63. The monoisotopic (exact) mass is 450 g/mol. The van der Waals surface area contributed by atoms with E-state index in [1.54, 1.807) is 54.6 Å². The number of hydrogen-bond acceptors (Lipinski definition) is 6. The second-order valence-corrected chi connectivity index (χ2v) is 8.60. The summed E-state index contributed by atoms with van der Waals surface area (Å²) in [4.78, 5) is 4.38. The molecule has 10 heteroatoms. The van der Waals surface area contributed by atoms with E-state index in [1.165, 1.54) is 24.5 Å². The predicted octanol–water partition coefficient (Wildman–Crippen LogP) is 4.47. The van der Waals surface area contributed by atoms with Crippen LogP contribution in [0.15, 0.2) is 82.8 Å². The molecule has 0 atom stereocenters. The van der Waals surface area contributed by atoms with Gasteiger partial charge in [0.25, 0.3) is 10.0 Å². The molecule has 0 fully saturated rings. The van der Waals surface area contributed by atoms with Crippen LogP contribution in [0.5, 0.6) is 0 Å². The van der Waals surface area contributed by atoms with Crippen molar-refractivity contribution in [3.8, 4) is 6.07 Å². The van der Waals surface area contributed by atoms with Gasteiger partial charge in [-0.3, -0.25) is 5.10 Å². The number of halogens is 1. The van der Waals surface area contributed by atoms with Crippen LogP contribution in [-0.2, 0) is 10.0 Å². The first-order valence-electron chi connectivity index (χ1n) is 9.02. The maximum atomic E-state index is 12.9. The maximum Gasteiger partial charge on any atom is 0.268 e. The van der Waals surface area contributed by atoms with E-state index in [-0.39, 0.29) is 16.3 Å². The quantitative estimate of drug-likeness (QED) is 0.420. The SMILES string of the molecule is N#Cc1c(N=Cc2cccn2S(=O)(=O)c2ccccc2)n[nH]c1Nc1cccc(Cl)c1. The molecule has 0 aliphatic heterocycles. The van der Waals surface area contributed by atoms with Crippen molar-refractivity contribution in [3.05, 3.63) is 89.2 Å². The summed E-state index contributed by atoms with van der Waals surface area (Å²) in [5.74, 6) is 0.473. The number of aromatic nitrogens is 3. The molecule has 31 heavy (non-hydrogen) atoms. The van der Waals surface area contributed by atoms with Crippen LogP contribution in [-0.4, -0.2) is 28.8 Å². The van der Waals surface area contributed by atoms with Gasteiger partial charge in [0, 0.05) is 16.9 Å². The van der Waals surface area contributed by atoms with Crippen LogP contribution in [0.4, 0.5) is 17.3 Å². The number of hydrogen-bond donors (Lipinski definition) is 2. The number of rotatable bonds is 6. The first kappa shape index (κ1) is 20.4. The third-order valence-electron chi connectivity index (χ3n) is 4.32. The van der Waals surface area contributed by atoms with E-state index in [0.717, 1.165) is 3.97 Å². The molecule has 2 aromatic carbocycles. The van der Waals surface area contributed by atoms with Crippen LogP contribution in [0.2, 0.25) is 5.02 Å². The number of benzene rings is 2. The van der Waals surface area contributed by atoms with E-state index in [1.807, 2.05) is 0 Å². The van der Waals surface area contributed by atoms with Gasteiger partial charge in [-0.2, -0.15) is 10.4 Å². The number of H-pyrrole nitrogens is 1. The number of nitrogens with one attached hydrogen (secondary N) is 2. The van der Waals surface area contributed by atoms with Gasteiger partial charge in [-0.05, 0) is 42.5 Å². The van der Waals surface area contributed by atoms with Crippen molar-refractivity contribution in [2.24, 2.45) is 4.99 Å². The van der Waals surface area contributed by atoms with Crippen molar-refractivity contribution in [2.75, 3.05) is 5.32 Å².